The number of aliphatic carboxylic acids is 1. The molecule has 11 heteroatoms. The van der Waals surface area contributed by atoms with Gasteiger partial charge in [-0.2, -0.15) is 4.48 Å². The lowest BCUT2D eigenvalue weighted by atomic mass is 9.79. The lowest BCUT2D eigenvalue weighted by Gasteiger charge is -2.46. The Kier molecular flexibility index (Phi) is 6.36. The summed E-state index contributed by atoms with van der Waals surface area (Å²) in [5.74, 6) is -2.27. The standard InChI is InChI=1S/C21H31N5O5S/c1-12-16-15(13(2)27)19(28)25(16)17(20(29)30)18(12)32-14-4-9-26(10-14,11-22)21(31)24-7-3-5-23-6-8-24/h11-16,22-23,27H,3-10H2,1-2H3/p+1/t12-,13?,14+,15-,16-,26?/m1/s1. The molecule has 4 N–H and O–H groups in total. The van der Waals surface area contributed by atoms with E-state index in [2.05, 4.69) is 5.32 Å². The average Bonchev–Trinajstić information content (AvgIpc) is 3.12. The number of hydrogen-bond acceptors (Lipinski definition) is 7. The van der Waals surface area contributed by atoms with Crippen LogP contribution in [0.25, 0.3) is 0 Å². The highest BCUT2D eigenvalue weighted by Gasteiger charge is 2.60. The van der Waals surface area contributed by atoms with E-state index in [4.69, 9.17) is 5.41 Å². The number of urea groups is 1. The van der Waals surface area contributed by atoms with Crippen LogP contribution in [0.2, 0.25) is 0 Å². The molecule has 0 spiro atoms. The van der Waals surface area contributed by atoms with Crippen molar-refractivity contribution in [2.75, 3.05) is 39.3 Å². The zero-order chi connectivity index (χ0) is 23.2. The Labute approximate surface area is 191 Å². The van der Waals surface area contributed by atoms with Crippen molar-refractivity contribution in [3.63, 3.8) is 0 Å². The van der Waals surface area contributed by atoms with Gasteiger partial charge >= 0.3 is 12.0 Å². The Morgan fingerprint density at radius 2 is 2.09 bits per heavy atom. The van der Waals surface area contributed by atoms with Gasteiger partial charge in [-0.05, 0) is 19.9 Å². The van der Waals surface area contributed by atoms with Crippen molar-refractivity contribution in [3.05, 3.63) is 10.6 Å². The summed E-state index contributed by atoms with van der Waals surface area (Å²) in [7, 11) is 0. The third-order valence-electron chi connectivity index (χ3n) is 7.22. The largest absolute Gasteiger partial charge is 0.477 e. The molecule has 4 aliphatic rings. The predicted molar refractivity (Wildman–Crippen MR) is 119 cm³/mol. The molecular weight excluding hydrogens is 434 g/mol. The molecule has 4 rings (SSSR count). The van der Waals surface area contributed by atoms with Crippen LogP contribution in [0.1, 0.15) is 26.7 Å². The number of carbonyl (C=O) groups excluding carboxylic acids is 2. The summed E-state index contributed by atoms with van der Waals surface area (Å²) in [6.45, 7) is 7.31. The number of β-lactam (4-membered cyclic amide) rings is 1. The van der Waals surface area contributed by atoms with Crippen molar-refractivity contribution in [2.24, 2.45) is 11.8 Å². The molecule has 4 heterocycles. The summed E-state index contributed by atoms with van der Waals surface area (Å²) < 4.78 is -0.0515. The number of hydrogen-bond donors (Lipinski definition) is 4. The number of thioether (sulfide) groups is 1. The smallest absolute Gasteiger partial charge is 0.425 e. The van der Waals surface area contributed by atoms with E-state index >= 15 is 0 Å². The van der Waals surface area contributed by atoms with Gasteiger partial charge in [0.25, 0.3) is 0 Å². The molecule has 3 saturated heterocycles. The molecule has 32 heavy (non-hydrogen) atoms. The second-order valence-electron chi connectivity index (χ2n) is 9.24. The molecule has 0 aromatic heterocycles. The number of quaternary nitrogens is 1. The van der Waals surface area contributed by atoms with Crippen LogP contribution < -0.4 is 5.32 Å². The Balaban J connectivity index is 1.52. The van der Waals surface area contributed by atoms with E-state index in [9.17, 15) is 24.6 Å². The molecule has 10 nitrogen and oxygen atoms in total. The highest BCUT2D eigenvalue weighted by molar-refractivity contribution is 8.03. The fraction of sp³-hybridized carbons (Fsp3) is 0.714. The van der Waals surface area contributed by atoms with Crippen molar-refractivity contribution in [1.29, 1.82) is 5.41 Å². The number of amides is 3. The Hall–Kier alpha value is -1.95. The fourth-order valence-corrected chi connectivity index (χ4v) is 7.11. The van der Waals surface area contributed by atoms with Gasteiger partial charge < -0.3 is 20.4 Å². The lowest BCUT2D eigenvalue weighted by molar-refractivity contribution is -0.741. The summed E-state index contributed by atoms with van der Waals surface area (Å²) in [6, 6.07) is -0.405. The molecule has 176 valence electrons. The van der Waals surface area contributed by atoms with Crippen LogP contribution in [-0.4, -0.2) is 105 Å². The van der Waals surface area contributed by atoms with Crippen LogP contribution in [0.5, 0.6) is 0 Å². The van der Waals surface area contributed by atoms with E-state index in [1.807, 2.05) is 11.8 Å². The van der Waals surface area contributed by atoms with Crippen molar-refractivity contribution < 1.29 is 29.1 Å². The number of carboxylic acids is 1. The maximum Gasteiger partial charge on any atom is 0.425 e. The zero-order valence-corrected chi connectivity index (χ0v) is 19.3. The van der Waals surface area contributed by atoms with Crippen LogP contribution in [0.3, 0.4) is 0 Å². The maximum absolute atomic E-state index is 13.3. The van der Waals surface area contributed by atoms with Gasteiger partial charge in [0.05, 0.1) is 29.9 Å². The number of carboxylic acid groups (broad SMARTS) is 1. The minimum atomic E-state index is -1.14. The maximum atomic E-state index is 13.3. The number of carbonyl (C=O) groups is 3. The molecule has 0 radical (unpaired) electrons. The Morgan fingerprint density at radius 1 is 1.34 bits per heavy atom. The quantitative estimate of drug-likeness (QED) is 0.200. The number of likely N-dealkylation sites (tertiary alicyclic amines) is 1. The number of nitrogens with zero attached hydrogens (tertiary/aromatic N) is 3. The molecule has 2 unspecified atom stereocenters. The lowest BCUT2D eigenvalue weighted by Crippen LogP contribution is -2.63. The number of rotatable bonds is 5. The molecule has 0 bridgehead atoms. The normalized spacial score (nSPS) is 35.9. The minimum Gasteiger partial charge on any atom is -0.477 e. The van der Waals surface area contributed by atoms with Gasteiger partial charge in [-0.25, -0.2) is 9.59 Å². The van der Waals surface area contributed by atoms with Crippen LogP contribution in [0.15, 0.2) is 10.6 Å². The van der Waals surface area contributed by atoms with E-state index in [1.54, 1.807) is 6.92 Å². The van der Waals surface area contributed by atoms with E-state index in [1.165, 1.54) is 23.0 Å². The second kappa shape index (κ2) is 8.77. The molecule has 3 fully saturated rings. The van der Waals surface area contributed by atoms with Gasteiger partial charge in [-0.3, -0.25) is 15.1 Å². The van der Waals surface area contributed by atoms with Gasteiger partial charge in [-0.1, -0.05) is 6.92 Å². The zero-order valence-electron chi connectivity index (χ0n) is 18.5. The number of aliphatic hydroxyl groups is 1. The van der Waals surface area contributed by atoms with Crippen molar-refractivity contribution in [3.8, 4) is 0 Å². The van der Waals surface area contributed by atoms with E-state index in [0.29, 0.717) is 37.5 Å². The summed E-state index contributed by atoms with van der Waals surface area (Å²) in [6.07, 6.45) is 1.95. The van der Waals surface area contributed by atoms with Crippen LogP contribution in [-0.2, 0) is 9.59 Å². The van der Waals surface area contributed by atoms with Crippen molar-refractivity contribution in [1.82, 2.24) is 15.1 Å². The Bertz CT molecular complexity index is 856. The van der Waals surface area contributed by atoms with E-state index in [0.717, 1.165) is 19.5 Å². The average molecular weight is 467 g/mol. The first-order valence-corrected chi connectivity index (χ1v) is 12.1. The van der Waals surface area contributed by atoms with Gasteiger partial charge in [-0.15, -0.1) is 11.8 Å². The summed E-state index contributed by atoms with van der Waals surface area (Å²) in [5, 5.41) is 31.1. The SMILES string of the molecule is CC(O)[C@H]1C(=O)N2C(C(=O)O)=C(S[C@H]3CC[N+](C=N)(C(=O)N4CCCNCC4)C3)[C@H](C)[C@H]12. The monoisotopic (exact) mass is 466 g/mol. The predicted octanol–water partition coefficient (Wildman–Crippen LogP) is 0.485. The third-order valence-corrected chi connectivity index (χ3v) is 8.76. The first kappa shape index (κ1) is 23.2. The van der Waals surface area contributed by atoms with Crippen molar-refractivity contribution in [2.45, 2.75) is 44.1 Å². The highest BCUT2D eigenvalue weighted by Crippen LogP contribution is 2.52. The summed E-state index contributed by atoms with van der Waals surface area (Å²) in [5.41, 5.74) is 0.0131. The van der Waals surface area contributed by atoms with Gasteiger partial charge in [0.2, 0.25) is 5.91 Å². The van der Waals surface area contributed by atoms with Gasteiger partial charge in [0.1, 0.15) is 12.2 Å². The van der Waals surface area contributed by atoms with Gasteiger partial charge in [0, 0.05) is 36.9 Å². The molecule has 6 atom stereocenters. The molecule has 4 aliphatic heterocycles. The Morgan fingerprint density at radius 3 is 2.75 bits per heavy atom. The molecular formula is C21H32N5O5S+. The van der Waals surface area contributed by atoms with Crippen LogP contribution in [0.4, 0.5) is 4.79 Å². The minimum absolute atomic E-state index is 0.0131. The number of aliphatic hydroxyl groups excluding tert-OH is 1. The number of fused-ring (bicyclic) bond motifs is 1. The topological polar surface area (TPSA) is 134 Å². The van der Waals surface area contributed by atoms with Gasteiger partial charge in [0.15, 0.2) is 6.34 Å². The summed E-state index contributed by atoms with van der Waals surface area (Å²) >= 11 is 1.43. The van der Waals surface area contributed by atoms with E-state index in [-0.39, 0.29) is 39.3 Å². The van der Waals surface area contributed by atoms with E-state index < -0.39 is 18.0 Å². The molecule has 3 amide bonds. The third kappa shape index (κ3) is 3.64. The molecule has 0 aromatic carbocycles. The van der Waals surface area contributed by atoms with Crippen LogP contribution >= 0.6 is 11.8 Å². The summed E-state index contributed by atoms with van der Waals surface area (Å²) in [4.78, 5) is 41.7. The molecule has 0 aromatic rings. The number of nitrogens with one attached hydrogen (secondary N) is 2. The second-order valence-corrected chi connectivity index (χ2v) is 10.6. The molecule has 0 aliphatic carbocycles. The van der Waals surface area contributed by atoms with Crippen LogP contribution in [0, 0.1) is 17.2 Å². The fourth-order valence-electron chi connectivity index (χ4n) is 5.54. The first-order chi connectivity index (χ1) is 15.2. The molecule has 0 saturated carbocycles. The highest BCUT2D eigenvalue weighted by atomic mass is 32.2. The van der Waals surface area contributed by atoms with Crippen molar-refractivity contribution >= 4 is 36.0 Å². The first-order valence-electron chi connectivity index (χ1n) is 11.3.